The lowest BCUT2D eigenvalue weighted by atomic mass is 10.1. The highest BCUT2D eigenvalue weighted by Gasteiger charge is 2.11. The van der Waals surface area contributed by atoms with E-state index in [0.717, 1.165) is 18.4 Å². The molecule has 2 aromatic rings. The molecular formula is C16H19NO2S. The normalized spacial score (nSPS) is 12.1. The molecular weight excluding hydrogens is 270 g/mol. The first-order chi connectivity index (χ1) is 9.70. The molecule has 2 N–H and O–H groups in total. The molecule has 106 valence electrons. The molecule has 1 aromatic carbocycles. The van der Waals surface area contributed by atoms with Gasteiger partial charge in [-0.15, -0.1) is 0 Å². The molecule has 0 aliphatic heterocycles. The summed E-state index contributed by atoms with van der Waals surface area (Å²) in [5, 5.41) is 16.5. The standard InChI is InChI=1S/C16H19NO2S/c1-2-3-12-4-6-13(7-5-12)16(19)17-10-15(18)14-8-9-20-11-14/h4-9,11,15,18H,2-3,10H2,1H3,(H,17,19)/t15-/m1/s1. The Kier molecular flexibility index (Phi) is 5.32. The summed E-state index contributed by atoms with van der Waals surface area (Å²) >= 11 is 1.53. The quantitative estimate of drug-likeness (QED) is 0.858. The van der Waals surface area contributed by atoms with Crippen molar-refractivity contribution in [1.82, 2.24) is 5.32 Å². The van der Waals surface area contributed by atoms with Gasteiger partial charge in [0.15, 0.2) is 0 Å². The van der Waals surface area contributed by atoms with E-state index in [9.17, 15) is 9.90 Å². The lowest BCUT2D eigenvalue weighted by molar-refractivity contribution is 0.0916. The van der Waals surface area contributed by atoms with Gasteiger partial charge in [0.05, 0.1) is 6.10 Å². The van der Waals surface area contributed by atoms with E-state index >= 15 is 0 Å². The predicted molar refractivity (Wildman–Crippen MR) is 82.0 cm³/mol. The molecule has 1 aromatic heterocycles. The molecule has 0 bridgehead atoms. The zero-order chi connectivity index (χ0) is 14.4. The van der Waals surface area contributed by atoms with Gasteiger partial charge in [-0.1, -0.05) is 25.5 Å². The summed E-state index contributed by atoms with van der Waals surface area (Å²) in [6.45, 7) is 2.36. The fourth-order valence-electron chi connectivity index (χ4n) is 1.99. The first-order valence-corrected chi connectivity index (χ1v) is 7.72. The highest BCUT2D eigenvalue weighted by atomic mass is 32.1. The Morgan fingerprint density at radius 3 is 2.65 bits per heavy atom. The van der Waals surface area contributed by atoms with Crippen molar-refractivity contribution < 1.29 is 9.90 Å². The summed E-state index contributed by atoms with van der Waals surface area (Å²) in [5.74, 6) is -0.151. The van der Waals surface area contributed by atoms with Gasteiger partial charge in [-0.3, -0.25) is 4.79 Å². The number of amides is 1. The number of rotatable bonds is 6. The van der Waals surface area contributed by atoms with Crippen LogP contribution in [0.2, 0.25) is 0 Å². The van der Waals surface area contributed by atoms with Crippen molar-refractivity contribution in [3.05, 3.63) is 57.8 Å². The van der Waals surface area contributed by atoms with Crippen molar-refractivity contribution in [2.24, 2.45) is 0 Å². The maximum Gasteiger partial charge on any atom is 0.251 e. The second-order valence-corrected chi connectivity index (χ2v) is 5.51. The molecule has 0 saturated carbocycles. The van der Waals surface area contributed by atoms with Crippen molar-refractivity contribution in [1.29, 1.82) is 0 Å². The van der Waals surface area contributed by atoms with Crippen molar-refractivity contribution >= 4 is 17.2 Å². The summed E-state index contributed by atoms with van der Waals surface area (Å²) in [4.78, 5) is 12.0. The van der Waals surface area contributed by atoms with Crippen molar-refractivity contribution in [2.75, 3.05) is 6.54 Å². The lowest BCUT2D eigenvalue weighted by Crippen LogP contribution is -2.28. The van der Waals surface area contributed by atoms with E-state index < -0.39 is 6.10 Å². The number of thiophene rings is 1. The Bertz CT molecular complexity index is 534. The molecule has 20 heavy (non-hydrogen) atoms. The van der Waals surface area contributed by atoms with Gasteiger partial charge in [-0.2, -0.15) is 11.3 Å². The van der Waals surface area contributed by atoms with E-state index in [-0.39, 0.29) is 12.5 Å². The van der Waals surface area contributed by atoms with Gasteiger partial charge >= 0.3 is 0 Å². The number of hydrogen-bond acceptors (Lipinski definition) is 3. The number of hydrogen-bond donors (Lipinski definition) is 2. The van der Waals surface area contributed by atoms with Gasteiger partial charge < -0.3 is 10.4 Å². The van der Waals surface area contributed by atoms with Crippen molar-refractivity contribution in [2.45, 2.75) is 25.9 Å². The second kappa shape index (κ2) is 7.22. The zero-order valence-corrected chi connectivity index (χ0v) is 12.3. The lowest BCUT2D eigenvalue weighted by Gasteiger charge is -2.10. The number of carbonyl (C=O) groups excluding carboxylic acids is 1. The Balaban J connectivity index is 1.88. The van der Waals surface area contributed by atoms with Gasteiger partial charge in [-0.25, -0.2) is 0 Å². The van der Waals surface area contributed by atoms with Crippen LogP contribution in [0.3, 0.4) is 0 Å². The predicted octanol–water partition coefficient (Wildman–Crippen LogP) is 3.16. The fraction of sp³-hybridized carbons (Fsp3) is 0.312. The number of aryl methyl sites for hydroxylation is 1. The third kappa shape index (κ3) is 3.92. The van der Waals surface area contributed by atoms with Crippen LogP contribution in [0.5, 0.6) is 0 Å². The van der Waals surface area contributed by atoms with Crippen molar-refractivity contribution in [3.8, 4) is 0 Å². The molecule has 4 heteroatoms. The van der Waals surface area contributed by atoms with Crippen LogP contribution in [0.15, 0.2) is 41.1 Å². The largest absolute Gasteiger partial charge is 0.387 e. The van der Waals surface area contributed by atoms with E-state index in [0.29, 0.717) is 5.56 Å². The van der Waals surface area contributed by atoms with E-state index in [1.165, 1.54) is 16.9 Å². The molecule has 1 atom stereocenters. The van der Waals surface area contributed by atoms with Crippen LogP contribution in [-0.2, 0) is 6.42 Å². The SMILES string of the molecule is CCCc1ccc(C(=O)NC[C@@H](O)c2ccsc2)cc1. The van der Waals surface area contributed by atoms with E-state index in [1.807, 2.05) is 41.1 Å². The molecule has 1 amide bonds. The van der Waals surface area contributed by atoms with Crippen LogP contribution in [0.4, 0.5) is 0 Å². The number of benzene rings is 1. The first kappa shape index (κ1) is 14.8. The fourth-order valence-corrected chi connectivity index (χ4v) is 2.69. The third-order valence-corrected chi connectivity index (χ3v) is 3.84. The van der Waals surface area contributed by atoms with Gasteiger partial charge in [0.25, 0.3) is 5.91 Å². The minimum Gasteiger partial charge on any atom is -0.387 e. The Labute approximate surface area is 123 Å². The Morgan fingerprint density at radius 2 is 2.05 bits per heavy atom. The summed E-state index contributed by atoms with van der Waals surface area (Å²) in [7, 11) is 0. The smallest absolute Gasteiger partial charge is 0.251 e. The summed E-state index contributed by atoms with van der Waals surface area (Å²) in [5.41, 5.74) is 2.71. The monoisotopic (exact) mass is 289 g/mol. The average molecular weight is 289 g/mol. The molecule has 2 rings (SSSR count). The van der Waals surface area contributed by atoms with Gasteiger partial charge in [0.2, 0.25) is 0 Å². The maximum absolute atomic E-state index is 12.0. The van der Waals surface area contributed by atoms with Crippen molar-refractivity contribution in [3.63, 3.8) is 0 Å². The molecule has 3 nitrogen and oxygen atoms in total. The van der Waals surface area contributed by atoms with E-state index in [4.69, 9.17) is 0 Å². The summed E-state index contributed by atoms with van der Waals surface area (Å²) in [6, 6.07) is 9.48. The molecule has 0 unspecified atom stereocenters. The van der Waals surface area contributed by atoms with Gasteiger partial charge in [-0.05, 0) is 46.5 Å². The average Bonchev–Trinajstić information content (AvgIpc) is 3.00. The molecule has 0 aliphatic rings. The zero-order valence-electron chi connectivity index (χ0n) is 11.5. The maximum atomic E-state index is 12.0. The van der Waals surface area contributed by atoms with Gasteiger partial charge in [0, 0.05) is 12.1 Å². The second-order valence-electron chi connectivity index (χ2n) is 4.73. The topological polar surface area (TPSA) is 49.3 Å². The molecule has 0 saturated heterocycles. The summed E-state index contributed by atoms with van der Waals surface area (Å²) < 4.78 is 0. The Hall–Kier alpha value is -1.65. The minimum absolute atomic E-state index is 0.151. The van der Waals surface area contributed by atoms with Gasteiger partial charge in [0.1, 0.15) is 0 Å². The number of aliphatic hydroxyl groups excluding tert-OH is 1. The minimum atomic E-state index is -0.649. The molecule has 0 fully saturated rings. The number of aliphatic hydroxyl groups is 1. The number of carbonyl (C=O) groups is 1. The van der Waals surface area contributed by atoms with Crippen LogP contribution >= 0.6 is 11.3 Å². The van der Waals surface area contributed by atoms with Crippen LogP contribution in [0.1, 0.15) is 40.9 Å². The third-order valence-electron chi connectivity index (χ3n) is 3.14. The highest BCUT2D eigenvalue weighted by molar-refractivity contribution is 7.07. The van der Waals surface area contributed by atoms with Crippen LogP contribution in [0.25, 0.3) is 0 Å². The molecule has 0 aliphatic carbocycles. The summed E-state index contributed by atoms with van der Waals surface area (Å²) in [6.07, 6.45) is 1.47. The first-order valence-electron chi connectivity index (χ1n) is 6.78. The van der Waals surface area contributed by atoms with Crippen LogP contribution in [0, 0.1) is 0 Å². The molecule has 0 radical (unpaired) electrons. The van der Waals surface area contributed by atoms with E-state index in [2.05, 4.69) is 12.2 Å². The van der Waals surface area contributed by atoms with Crippen LogP contribution < -0.4 is 5.32 Å². The van der Waals surface area contributed by atoms with E-state index in [1.54, 1.807) is 0 Å². The Morgan fingerprint density at radius 1 is 1.30 bits per heavy atom. The number of nitrogens with one attached hydrogen (secondary N) is 1. The van der Waals surface area contributed by atoms with Crippen LogP contribution in [-0.4, -0.2) is 17.6 Å². The highest BCUT2D eigenvalue weighted by Crippen LogP contribution is 2.15. The molecule has 1 heterocycles. The molecule has 0 spiro atoms.